The van der Waals surface area contributed by atoms with Crippen molar-refractivity contribution in [1.29, 1.82) is 0 Å². The standard InChI is InChI=1S/C25H34N2O/c1-7-27-21-11-9-8-10-19(21)12-13-22(27)20-14-17(2)24(18(3)15-20)26-23(28)16-25(4,5)6/h8-11,14-15,22H,7,12-13,16H2,1-6H3,(H,26,28). The van der Waals surface area contributed by atoms with Gasteiger partial charge in [0.05, 0.1) is 6.04 Å². The number of carbonyl (C=O) groups excluding carboxylic acids is 1. The maximum atomic E-state index is 12.4. The molecule has 2 aromatic carbocycles. The number of benzene rings is 2. The zero-order chi connectivity index (χ0) is 20.5. The first-order valence-electron chi connectivity index (χ1n) is 10.4. The Balaban J connectivity index is 1.87. The smallest absolute Gasteiger partial charge is 0.224 e. The monoisotopic (exact) mass is 378 g/mol. The molecule has 3 rings (SSSR count). The van der Waals surface area contributed by atoms with Gasteiger partial charge in [-0.2, -0.15) is 0 Å². The Hall–Kier alpha value is -2.29. The third-order valence-corrected chi connectivity index (χ3v) is 5.60. The zero-order valence-corrected chi connectivity index (χ0v) is 18.2. The van der Waals surface area contributed by atoms with E-state index in [0.29, 0.717) is 12.5 Å². The van der Waals surface area contributed by atoms with Crippen molar-refractivity contribution in [1.82, 2.24) is 0 Å². The van der Waals surface area contributed by atoms with E-state index < -0.39 is 0 Å². The Morgan fingerprint density at radius 1 is 1.14 bits per heavy atom. The van der Waals surface area contributed by atoms with Crippen molar-refractivity contribution in [2.24, 2.45) is 5.41 Å². The van der Waals surface area contributed by atoms with Crippen LogP contribution in [-0.4, -0.2) is 12.5 Å². The number of nitrogens with one attached hydrogen (secondary N) is 1. The SMILES string of the molecule is CCN1c2ccccc2CCC1c1cc(C)c(NC(=O)CC(C)(C)C)c(C)c1. The number of aryl methyl sites for hydroxylation is 3. The molecule has 0 aromatic heterocycles. The fourth-order valence-corrected chi connectivity index (χ4v) is 4.41. The molecule has 1 amide bonds. The summed E-state index contributed by atoms with van der Waals surface area (Å²) in [5, 5.41) is 3.15. The molecule has 3 nitrogen and oxygen atoms in total. The molecular formula is C25H34N2O. The molecule has 1 heterocycles. The fraction of sp³-hybridized carbons (Fsp3) is 0.480. The van der Waals surface area contributed by atoms with Crippen LogP contribution in [0.1, 0.15) is 68.8 Å². The number of anilines is 2. The second-order valence-electron chi connectivity index (χ2n) is 9.28. The third kappa shape index (κ3) is 4.40. The average Bonchev–Trinajstić information content (AvgIpc) is 2.62. The minimum atomic E-state index is -0.0110. The lowest BCUT2D eigenvalue weighted by Gasteiger charge is -2.39. The van der Waals surface area contributed by atoms with E-state index in [1.54, 1.807) is 0 Å². The zero-order valence-electron chi connectivity index (χ0n) is 18.2. The van der Waals surface area contributed by atoms with Crippen LogP contribution in [0.15, 0.2) is 36.4 Å². The molecule has 0 saturated heterocycles. The topological polar surface area (TPSA) is 32.3 Å². The van der Waals surface area contributed by atoms with Gasteiger partial charge in [0.2, 0.25) is 5.91 Å². The Kier molecular flexibility index (Phi) is 5.83. The van der Waals surface area contributed by atoms with Crippen LogP contribution in [0.3, 0.4) is 0 Å². The third-order valence-electron chi connectivity index (χ3n) is 5.60. The number of amides is 1. The van der Waals surface area contributed by atoms with E-state index in [1.807, 2.05) is 0 Å². The van der Waals surface area contributed by atoms with Gasteiger partial charge < -0.3 is 10.2 Å². The molecule has 3 heteroatoms. The summed E-state index contributed by atoms with van der Waals surface area (Å²) in [4.78, 5) is 15.0. The molecule has 0 fully saturated rings. The van der Waals surface area contributed by atoms with Gasteiger partial charge in [0.15, 0.2) is 0 Å². The summed E-state index contributed by atoms with van der Waals surface area (Å²) < 4.78 is 0. The molecule has 1 N–H and O–H groups in total. The molecule has 0 radical (unpaired) electrons. The number of rotatable bonds is 4. The molecule has 1 aliphatic rings. The highest BCUT2D eigenvalue weighted by Gasteiger charge is 2.27. The Morgan fingerprint density at radius 2 is 1.79 bits per heavy atom. The van der Waals surface area contributed by atoms with E-state index in [2.05, 4.69) is 88.2 Å². The van der Waals surface area contributed by atoms with Crippen LogP contribution in [-0.2, 0) is 11.2 Å². The minimum absolute atomic E-state index is 0.0110. The van der Waals surface area contributed by atoms with Crippen LogP contribution in [0.2, 0.25) is 0 Å². The molecule has 0 saturated carbocycles. The van der Waals surface area contributed by atoms with Crippen LogP contribution >= 0.6 is 0 Å². The van der Waals surface area contributed by atoms with E-state index in [4.69, 9.17) is 0 Å². The average molecular weight is 379 g/mol. The number of carbonyl (C=O) groups is 1. The maximum absolute atomic E-state index is 12.4. The van der Waals surface area contributed by atoms with Crippen LogP contribution < -0.4 is 10.2 Å². The fourth-order valence-electron chi connectivity index (χ4n) is 4.41. The molecule has 1 unspecified atom stereocenters. The van der Waals surface area contributed by atoms with Gasteiger partial charge in [-0.05, 0) is 67.3 Å². The first-order valence-corrected chi connectivity index (χ1v) is 10.4. The lowest BCUT2D eigenvalue weighted by atomic mass is 9.89. The van der Waals surface area contributed by atoms with Gasteiger partial charge in [-0.1, -0.05) is 51.1 Å². The van der Waals surface area contributed by atoms with E-state index in [-0.39, 0.29) is 11.3 Å². The van der Waals surface area contributed by atoms with Crippen molar-refractivity contribution >= 4 is 17.3 Å². The largest absolute Gasteiger partial charge is 0.365 e. The summed E-state index contributed by atoms with van der Waals surface area (Å²) in [5.41, 5.74) is 7.40. The van der Waals surface area contributed by atoms with Crippen molar-refractivity contribution in [2.45, 2.75) is 66.8 Å². The van der Waals surface area contributed by atoms with Crippen molar-refractivity contribution in [2.75, 3.05) is 16.8 Å². The Bertz CT molecular complexity index is 840. The molecular weight excluding hydrogens is 344 g/mol. The molecule has 28 heavy (non-hydrogen) atoms. The van der Waals surface area contributed by atoms with Crippen LogP contribution in [0.25, 0.3) is 0 Å². The second-order valence-corrected chi connectivity index (χ2v) is 9.28. The number of para-hydroxylation sites is 1. The predicted molar refractivity (Wildman–Crippen MR) is 119 cm³/mol. The second kappa shape index (κ2) is 7.98. The van der Waals surface area contributed by atoms with Crippen molar-refractivity contribution < 1.29 is 4.79 Å². The van der Waals surface area contributed by atoms with Crippen molar-refractivity contribution in [3.05, 3.63) is 58.7 Å². The quantitative estimate of drug-likeness (QED) is 0.688. The lowest BCUT2D eigenvalue weighted by molar-refractivity contribution is -0.117. The molecule has 0 bridgehead atoms. The number of fused-ring (bicyclic) bond motifs is 1. The highest BCUT2D eigenvalue weighted by Crippen LogP contribution is 2.39. The molecule has 0 spiro atoms. The van der Waals surface area contributed by atoms with Gasteiger partial charge in [-0.15, -0.1) is 0 Å². The van der Waals surface area contributed by atoms with Gasteiger partial charge in [0.1, 0.15) is 0 Å². The highest BCUT2D eigenvalue weighted by molar-refractivity contribution is 5.92. The summed E-state index contributed by atoms with van der Waals surface area (Å²) in [5.74, 6) is 0.0910. The molecule has 2 aromatic rings. The van der Waals surface area contributed by atoms with E-state index >= 15 is 0 Å². The van der Waals surface area contributed by atoms with Gasteiger partial charge in [0, 0.05) is 24.3 Å². The number of hydrogen-bond donors (Lipinski definition) is 1. The van der Waals surface area contributed by atoms with Gasteiger partial charge >= 0.3 is 0 Å². The summed E-state index contributed by atoms with van der Waals surface area (Å²) >= 11 is 0. The van der Waals surface area contributed by atoms with Gasteiger partial charge in [-0.3, -0.25) is 4.79 Å². The molecule has 0 aliphatic carbocycles. The molecule has 150 valence electrons. The summed E-state index contributed by atoms with van der Waals surface area (Å²) in [7, 11) is 0. The van der Waals surface area contributed by atoms with E-state index in [1.165, 1.54) is 16.8 Å². The minimum Gasteiger partial charge on any atom is -0.365 e. The van der Waals surface area contributed by atoms with Crippen molar-refractivity contribution in [3.63, 3.8) is 0 Å². The predicted octanol–water partition coefficient (Wildman–Crippen LogP) is 6.19. The van der Waals surface area contributed by atoms with Crippen LogP contribution in [0, 0.1) is 19.3 Å². The maximum Gasteiger partial charge on any atom is 0.224 e. The van der Waals surface area contributed by atoms with Gasteiger partial charge in [0.25, 0.3) is 0 Å². The van der Waals surface area contributed by atoms with Crippen LogP contribution in [0.4, 0.5) is 11.4 Å². The van der Waals surface area contributed by atoms with Crippen molar-refractivity contribution in [3.8, 4) is 0 Å². The number of nitrogens with zero attached hydrogens (tertiary/aromatic N) is 1. The van der Waals surface area contributed by atoms with Crippen LogP contribution in [0.5, 0.6) is 0 Å². The Labute approximate surface area is 170 Å². The summed E-state index contributed by atoms with van der Waals surface area (Å²) in [6.45, 7) is 13.7. The van der Waals surface area contributed by atoms with Gasteiger partial charge in [-0.25, -0.2) is 0 Å². The molecule has 1 atom stereocenters. The summed E-state index contributed by atoms with van der Waals surface area (Å²) in [6, 6.07) is 13.7. The summed E-state index contributed by atoms with van der Waals surface area (Å²) in [6.07, 6.45) is 2.76. The normalized spacial score (nSPS) is 16.6. The molecule has 1 aliphatic heterocycles. The Morgan fingerprint density at radius 3 is 2.39 bits per heavy atom. The lowest BCUT2D eigenvalue weighted by Crippen LogP contribution is -2.33. The first kappa shape index (κ1) is 20.4. The van der Waals surface area contributed by atoms with E-state index in [0.717, 1.165) is 36.2 Å². The first-order chi connectivity index (χ1) is 13.2. The number of hydrogen-bond acceptors (Lipinski definition) is 2. The highest BCUT2D eigenvalue weighted by atomic mass is 16.1. The van der Waals surface area contributed by atoms with E-state index in [9.17, 15) is 4.79 Å².